The number of thiazole rings is 1. The minimum Gasteiger partial charge on any atom is -0.398 e. The standard InChI is InChI=1S/C21H18Cl3FN4OS/c22-15-7-16(23)18(25)5-12(15)8-29(13-1-2-19(26)17(24)6-13)14-3-4-28(9-14)21(30)20-10-31-11-27-20/h1-2,5-7,10-11,14H,3-4,8-9,26H2/t14-/m0/s1. The molecule has 0 bridgehead atoms. The Balaban J connectivity index is 1.64. The molecule has 1 aliphatic rings. The van der Waals surface area contributed by atoms with Gasteiger partial charge in [-0.25, -0.2) is 9.37 Å². The third kappa shape index (κ3) is 4.75. The number of halogens is 4. The van der Waals surface area contributed by atoms with Crippen LogP contribution in [0.1, 0.15) is 22.5 Å². The fraction of sp³-hybridized carbons (Fsp3) is 0.238. The maximum atomic E-state index is 14.1. The maximum absolute atomic E-state index is 14.1. The van der Waals surface area contributed by atoms with Gasteiger partial charge in [0, 0.05) is 41.8 Å². The molecule has 1 saturated heterocycles. The molecule has 0 saturated carbocycles. The predicted molar refractivity (Wildman–Crippen MR) is 125 cm³/mol. The third-order valence-electron chi connectivity index (χ3n) is 5.29. The predicted octanol–water partition coefficient (Wildman–Crippen LogP) is 5.75. The summed E-state index contributed by atoms with van der Waals surface area (Å²) in [4.78, 5) is 20.7. The van der Waals surface area contributed by atoms with Crippen molar-refractivity contribution in [2.75, 3.05) is 23.7 Å². The van der Waals surface area contributed by atoms with Gasteiger partial charge in [0.15, 0.2) is 0 Å². The van der Waals surface area contributed by atoms with Crippen molar-refractivity contribution in [2.24, 2.45) is 0 Å². The average molecular weight is 500 g/mol. The molecule has 1 fully saturated rings. The van der Waals surface area contributed by atoms with Crippen LogP contribution in [-0.4, -0.2) is 34.9 Å². The van der Waals surface area contributed by atoms with Gasteiger partial charge in [0.2, 0.25) is 0 Å². The Hall–Kier alpha value is -2.06. The van der Waals surface area contributed by atoms with Gasteiger partial charge in [-0.05, 0) is 42.3 Å². The molecule has 162 valence electrons. The Kier molecular flexibility index (Phi) is 6.57. The first-order chi connectivity index (χ1) is 14.8. The van der Waals surface area contributed by atoms with E-state index < -0.39 is 5.82 Å². The van der Waals surface area contributed by atoms with Gasteiger partial charge < -0.3 is 15.5 Å². The van der Waals surface area contributed by atoms with Gasteiger partial charge in [-0.15, -0.1) is 11.3 Å². The number of likely N-dealkylation sites (tertiary alicyclic amines) is 1. The van der Waals surface area contributed by atoms with Gasteiger partial charge in [-0.3, -0.25) is 4.79 Å². The molecule has 2 N–H and O–H groups in total. The molecule has 1 amide bonds. The molecule has 31 heavy (non-hydrogen) atoms. The summed E-state index contributed by atoms with van der Waals surface area (Å²) in [5, 5.41) is 2.50. The summed E-state index contributed by atoms with van der Waals surface area (Å²) in [7, 11) is 0. The molecule has 2 aromatic carbocycles. The lowest BCUT2D eigenvalue weighted by atomic mass is 10.1. The van der Waals surface area contributed by atoms with Crippen LogP contribution in [0.3, 0.4) is 0 Å². The topological polar surface area (TPSA) is 62.5 Å². The number of nitrogens with two attached hydrogens (primary N) is 1. The Morgan fingerprint density at radius 3 is 2.74 bits per heavy atom. The summed E-state index contributed by atoms with van der Waals surface area (Å²) in [5.41, 5.74) is 9.81. The highest BCUT2D eigenvalue weighted by Crippen LogP contribution is 2.33. The summed E-state index contributed by atoms with van der Waals surface area (Å²) < 4.78 is 14.1. The minimum atomic E-state index is -0.539. The van der Waals surface area contributed by atoms with E-state index in [2.05, 4.69) is 9.88 Å². The number of hydrogen-bond donors (Lipinski definition) is 1. The zero-order valence-corrected chi connectivity index (χ0v) is 19.3. The van der Waals surface area contributed by atoms with Crippen molar-refractivity contribution in [1.82, 2.24) is 9.88 Å². The molecule has 1 atom stereocenters. The van der Waals surface area contributed by atoms with Gasteiger partial charge in [-0.2, -0.15) is 0 Å². The van der Waals surface area contributed by atoms with E-state index in [1.807, 2.05) is 6.07 Å². The van der Waals surface area contributed by atoms with E-state index in [0.717, 1.165) is 12.1 Å². The van der Waals surface area contributed by atoms with E-state index >= 15 is 0 Å². The summed E-state index contributed by atoms with van der Waals surface area (Å²) in [5.74, 6) is -0.641. The van der Waals surface area contributed by atoms with Gasteiger partial charge in [-0.1, -0.05) is 34.8 Å². The second kappa shape index (κ2) is 9.20. The van der Waals surface area contributed by atoms with Crippen LogP contribution in [0, 0.1) is 5.82 Å². The van der Waals surface area contributed by atoms with Crippen molar-refractivity contribution in [3.8, 4) is 0 Å². The molecular formula is C21H18Cl3FN4OS. The van der Waals surface area contributed by atoms with Crippen LogP contribution in [0.15, 0.2) is 41.2 Å². The monoisotopic (exact) mass is 498 g/mol. The van der Waals surface area contributed by atoms with E-state index in [9.17, 15) is 9.18 Å². The first-order valence-electron chi connectivity index (χ1n) is 9.46. The van der Waals surface area contributed by atoms with E-state index in [1.54, 1.807) is 27.9 Å². The average Bonchev–Trinajstić information content (AvgIpc) is 3.44. The van der Waals surface area contributed by atoms with Crippen molar-refractivity contribution in [3.05, 3.63) is 73.4 Å². The molecule has 1 aliphatic heterocycles. The SMILES string of the molecule is Nc1ccc(N(Cc2cc(F)c(Cl)cc2Cl)[C@H]2CCN(C(=O)c3cscn3)C2)cc1Cl. The minimum absolute atomic E-state index is 0.0305. The zero-order valence-electron chi connectivity index (χ0n) is 16.2. The molecular weight excluding hydrogens is 482 g/mol. The molecule has 3 aromatic rings. The fourth-order valence-electron chi connectivity index (χ4n) is 3.66. The largest absolute Gasteiger partial charge is 0.398 e. The number of nitrogens with zero attached hydrogens (tertiary/aromatic N) is 3. The van der Waals surface area contributed by atoms with Crippen molar-refractivity contribution in [2.45, 2.75) is 19.0 Å². The summed E-state index contributed by atoms with van der Waals surface area (Å²) in [6, 6.07) is 8.05. The zero-order chi connectivity index (χ0) is 22.1. The van der Waals surface area contributed by atoms with Gasteiger partial charge in [0.1, 0.15) is 11.5 Å². The Labute approximate surface area is 198 Å². The summed E-state index contributed by atoms with van der Waals surface area (Å²) >= 11 is 19.8. The van der Waals surface area contributed by atoms with E-state index in [0.29, 0.717) is 46.6 Å². The second-order valence-corrected chi connectivity index (χ2v) is 9.20. The molecule has 4 rings (SSSR count). The lowest BCUT2D eigenvalue weighted by Crippen LogP contribution is -2.39. The Morgan fingerprint density at radius 2 is 2.03 bits per heavy atom. The molecule has 0 spiro atoms. The number of nitrogen functional groups attached to an aromatic ring is 1. The third-order valence-corrected chi connectivity index (χ3v) is 6.84. The normalized spacial score (nSPS) is 16.0. The number of carbonyl (C=O) groups excluding carboxylic acids is 1. The van der Waals surface area contributed by atoms with Crippen molar-refractivity contribution < 1.29 is 9.18 Å². The molecule has 0 aliphatic carbocycles. The smallest absolute Gasteiger partial charge is 0.273 e. The van der Waals surface area contributed by atoms with Gasteiger partial charge in [0.25, 0.3) is 5.91 Å². The van der Waals surface area contributed by atoms with E-state index in [1.165, 1.54) is 23.5 Å². The highest BCUT2D eigenvalue weighted by molar-refractivity contribution is 7.07. The quantitative estimate of drug-likeness (QED) is 0.359. The Bertz CT molecular complexity index is 1110. The number of benzene rings is 2. The lowest BCUT2D eigenvalue weighted by Gasteiger charge is -2.32. The maximum Gasteiger partial charge on any atom is 0.273 e. The first-order valence-corrected chi connectivity index (χ1v) is 11.5. The van der Waals surface area contributed by atoms with Crippen LogP contribution in [0.25, 0.3) is 0 Å². The number of amides is 1. The molecule has 0 unspecified atom stereocenters. The number of carbonyl (C=O) groups is 1. The van der Waals surface area contributed by atoms with Crippen LogP contribution in [0.2, 0.25) is 15.1 Å². The van der Waals surface area contributed by atoms with E-state index in [4.69, 9.17) is 40.5 Å². The Morgan fingerprint density at radius 1 is 1.23 bits per heavy atom. The van der Waals surface area contributed by atoms with Crippen molar-refractivity contribution in [1.29, 1.82) is 0 Å². The van der Waals surface area contributed by atoms with Crippen LogP contribution < -0.4 is 10.6 Å². The lowest BCUT2D eigenvalue weighted by molar-refractivity contribution is 0.0785. The highest BCUT2D eigenvalue weighted by Gasteiger charge is 2.32. The molecule has 10 heteroatoms. The number of aromatic nitrogens is 1. The van der Waals surface area contributed by atoms with Crippen molar-refractivity contribution >= 4 is 63.4 Å². The summed E-state index contributed by atoms with van der Waals surface area (Å²) in [6.07, 6.45) is 0.728. The van der Waals surface area contributed by atoms with Gasteiger partial charge in [0.05, 0.1) is 21.2 Å². The van der Waals surface area contributed by atoms with Crippen LogP contribution in [0.4, 0.5) is 15.8 Å². The number of hydrogen-bond acceptors (Lipinski definition) is 5. The van der Waals surface area contributed by atoms with Crippen LogP contribution in [0.5, 0.6) is 0 Å². The molecule has 0 radical (unpaired) electrons. The number of anilines is 2. The molecule has 1 aromatic heterocycles. The second-order valence-electron chi connectivity index (χ2n) is 7.26. The van der Waals surface area contributed by atoms with E-state index in [-0.39, 0.29) is 17.0 Å². The van der Waals surface area contributed by atoms with Crippen LogP contribution in [-0.2, 0) is 6.54 Å². The highest BCUT2D eigenvalue weighted by atomic mass is 35.5. The van der Waals surface area contributed by atoms with Crippen molar-refractivity contribution in [3.63, 3.8) is 0 Å². The summed E-state index contributed by atoms with van der Waals surface area (Å²) in [6.45, 7) is 1.39. The molecule has 2 heterocycles. The van der Waals surface area contributed by atoms with Gasteiger partial charge >= 0.3 is 0 Å². The first kappa shape index (κ1) is 22.1. The molecule has 5 nitrogen and oxygen atoms in total. The van der Waals surface area contributed by atoms with Crippen LogP contribution >= 0.6 is 46.1 Å². The fourth-order valence-corrected chi connectivity index (χ4v) is 4.80. The number of rotatable bonds is 5.